The van der Waals surface area contributed by atoms with Gasteiger partial charge < -0.3 is 10.1 Å². The molecular formula is C18H22BrNO. The van der Waals surface area contributed by atoms with Crippen LogP contribution in [0.25, 0.3) is 0 Å². The molecule has 0 aliphatic heterocycles. The van der Waals surface area contributed by atoms with Crippen LogP contribution in [0.4, 0.5) is 5.69 Å². The molecule has 2 aromatic carbocycles. The molecule has 0 radical (unpaired) electrons. The highest BCUT2D eigenvalue weighted by Gasteiger charge is 2.07. The number of anilines is 1. The fourth-order valence-corrected chi connectivity index (χ4v) is 2.84. The van der Waals surface area contributed by atoms with E-state index in [4.69, 9.17) is 4.74 Å². The van der Waals surface area contributed by atoms with Crippen LogP contribution in [-0.4, -0.2) is 13.2 Å². The zero-order valence-electron chi connectivity index (χ0n) is 12.8. The van der Waals surface area contributed by atoms with Crippen LogP contribution < -0.4 is 10.1 Å². The zero-order chi connectivity index (χ0) is 15.2. The third-order valence-corrected chi connectivity index (χ3v) is 4.04. The molecule has 2 rings (SSSR count). The van der Waals surface area contributed by atoms with Gasteiger partial charge in [-0.1, -0.05) is 35.0 Å². The molecule has 2 nitrogen and oxygen atoms in total. The quantitative estimate of drug-likeness (QED) is 0.788. The summed E-state index contributed by atoms with van der Waals surface area (Å²) in [6.45, 7) is 4.40. The summed E-state index contributed by atoms with van der Waals surface area (Å²) >= 11 is 3.53. The van der Waals surface area contributed by atoms with Crippen molar-refractivity contribution in [2.75, 3.05) is 12.4 Å². The number of methoxy groups -OCH3 is 1. The molecule has 0 aliphatic carbocycles. The average Bonchev–Trinajstić information content (AvgIpc) is 2.49. The van der Waals surface area contributed by atoms with Gasteiger partial charge in [0.05, 0.1) is 7.11 Å². The van der Waals surface area contributed by atoms with Crippen LogP contribution in [0.5, 0.6) is 5.75 Å². The second-order valence-corrected chi connectivity index (χ2v) is 6.17. The summed E-state index contributed by atoms with van der Waals surface area (Å²) in [6, 6.07) is 15.1. The molecule has 0 heterocycles. The number of ether oxygens (including phenoxy) is 1. The highest BCUT2D eigenvalue weighted by molar-refractivity contribution is 9.10. The van der Waals surface area contributed by atoms with Crippen molar-refractivity contribution in [1.82, 2.24) is 0 Å². The lowest BCUT2D eigenvalue weighted by atomic mass is 10.1. The highest BCUT2D eigenvalue weighted by atomic mass is 79.9. The molecule has 0 spiro atoms. The van der Waals surface area contributed by atoms with Gasteiger partial charge in [0, 0.05) is 16.2 Å². The molecule has 2 aromatic rings. The maximum Gasteiger partial charge on any atom is 0.118 e. The van der Waals surface area contributed by atoms with Crippen molar-refractivity contribution in [3.8, 4) is 5.75 Å². The van der Waals surface area contributed by atoms with E-state index in [-0.39, 0.29) is 0 Å². The van der Waals surface area contributed by atoms with Crippen molar-refractivity contribution >= 4 is 21.6 Å². The molecule has 0 aliphatic rings. The molecule has 1 N–H and O–H groups in total. The zero-order valence-corrected chi connectivity index (χ0v) is 14.4. The molecule has 1 atom stereocenters. The molecule has 0 saturated carbocycles. The van der Waals surface area contributed by atoms with Gasteiger partial charge in [0.1, 0.15) is 5.75 Å². The van der Waals surface area contributed by atoms with E-state index in [1.165, 1.54) is 16.8 Å². The maximum atomic E-state index is 5.19. The normalized spacial score (nSPS) is 12.0. The van der Waals surface area contributed by atoms with Crippen molar-refractivity contribution in [2.45, 2.75) is 32.7 Å². The fourth-order valence-electron chi connectivity index (χ4n) is 2.43. The van der Waals surface area contributed by atoms with Gasteiger partial charge in [-0.25, -0.2) is 0 Å². The summed E-state index contributed by atoms with van der Waals surface area (Å²) in [5, 5.41) is 3.61. The van der Waals surface area contributed by atoms with Crippen molar-refractivity contribution in [3.05, 3.63) is 58.1 Å². The van der Waals surface area contributed by atoms with Crippen molar-refractivity contribution in [2.24, 2.45) is 0 Å². The second-order valence-electron chi connectivity index (χ2n) is 5.25. The van der Waals surface area contributed by atoms with Gasteiger partial charge in [0.2, 0.25) is 0 Å². The Morgan fingerprint density at radius 3 is 2.48 bits per heavy atom. The van der Waals surface area contributed by atoms with Gasteiger partial charge in [0.25, 0.3) is 0 Å². The lowest BCUT2D eigenvalue weighted by Crippen LogP contribution is -2.19. The molecule has 112 valence electrons. The molecule has 3 heteroatoms. The van der Waals surface area contributed by atoms with E-state index in [1.54, 1.807) is 7.11 Å². The van der Waals surface area contributed by atoms with E-state index < -0.39 is 0 Å². The number of hydrogen-bond donors (Lipinski definition) is 1. The van der Waals surface area contributed by atoms with Gasteiger partial charge in [-0.2, -0.15) is 0 Å². The highest BCUT2D eigenvalue weighted by Crippen LogP contribution is 2.23. The van der Waals surface area contributed by atoms with Crippen LogP contribution in [0.2, 0.25) is 0 Å². The predicted octanol–water partition coefficient (Wildman–Crippen LogP) is 5.06. The number of nitrogens with one attached hydrogen (secondary N) is 1. The maximum absolute atomic E-state index is 5.19. The summed E-state index contributed by atoms with van der Waals surface area (Å²) in [4.78, 5) is 0. The Labute approximate surface area is 135 Å². The van der Waals surface area contributed by atoms with Crippen LogP contribution in [0, 0.1) is 0 Å². The Kier molecular flexibility index (Phi) is 5.68. The number of halogens is 1. The monoisotopic (exact) mass is 347 g/mol. The van der Waals surface area contributed by atoms with E-state index >= 15 is 0 Å². The number of aryl methyl sites for hydroxylation is 1. The Morgan fingerprint density at radius 2 is 1.86 bits per heavy atom. The van der Waals surface area contributed by atoms with Gasteiger partial charge in [-0.15, -0.1) is 0 Å². The summed E-state index contributed by atoms with van der Waals surface area (Å²) in [5.74, 6) is 0.903. The Morgan fingerprint density at radius 1 is 1.14 bits per heavy atom. The minimum Gasteiger partial charge on any atom is -0.497 e. The molecular weight excluding hydrogens is 326 g/mol. The largest absolute Gasteiger partial charge is 0.497 e. The third-order valence-electron chi connectivity index (χ3n) is 3.55. The lowest BCUT2D eigenvalue weighted by Gasteiger charge is -2.18. The molecule has 21 heavy (non-hydrogen) atoms. The number of rotatable bonds is 6. The SMILES string of the molecule is CCc1cc(Br)ccc1NC(C)Cc1ccc(OC)cc1. The minimum atomic E-state index is 0.380. The van der Waals surface area contributed by atoms with Gasteiger partial charge in [-0.3, -0.25) is 0 Å². The molecule has 0 saturated heterocycles. The van der Waals surface area contributed by atoms with E-state index in [0.29, 0.717) is 6.04 Å². The minimum absolute atomic E-state index is 0.380. The number of hydrogen-bond acceptors (Lipinski definition) is 2. The van der Waals surface area contributed by atoms with Gasteiger partial charge in [0.15, 0.2) is 0 Å². The predicted molar refractivity (Wildman–Crippen MR) is 93.3 cm³/mol. The summed E-state index contributed by atoms with van der Waals surface area (Å²) < 4.78 is 6.32. The first-order chi connectivity index (χ1) is 10.1. The molecule has 0 amide bonds. The van der Waals surface area contributed by atoms with Gasteiger partial charge in [-0.05, 0) is 61.2 Å². The third kappa shape index (κ3) is 4.50. The Balaban J connectivity index is 2.02. The fraction of sp³-hybridized carbons (Fsp3) is 0.333. The van der Waals surface area contributed by atoms with Crippen molar-refractivity contribution in [1.29, 1.82) is 0 Å². The molecule has 0 bridgehead atoms. The van der Waals surface area contributed by atoms with E-state index in [9.17, 15) is 0 Å². The summed E-state index contributed by atoms with van der Waals surface area (Å²) in [5.41, 5.74) is 3.87. The van der Waals surface area contributed by atoms with E-state index in [1.807, 2.05) is 12.1 Å². The summed E-state index contributed by atoms with van der Waals surface area (Å²) in [7, 11) is 1.69. The first kappa shape index (κ1) is 15.9. The molecule has 1 unspecified atom stereocenters. The van der Waals surface area contributed by atoms with E-state index in [2.05, 4.69) is 65.4 Å². The topological polar surface area (TPSA) is 21.3 Å². The van der Waals surface area contributed by atoms with Gasteiger partial charge >= 0.3 is 0 Å². The van der Waals surface area contributed by atoms with Crippen molar-refractivity contribution in [3.63, 3.8) is 0 Å². The van der Waals surface area contributed by atoms with Crippen LogP contribution in [0.1, 0.15) is 25.0 Å². The van der Waals surface area contributed by atoms with Crippen molar-refractivity contribution < 1.29 is 4.74 Å². The van der Waals surface area contributed by atoms with Crippen LogP contribution in [0.15, 0.2) is 46.9 Å². The van der Waals surface area contributed by atoms with E-state index in [0.717, 1.165) is 23.1 Å². The Bertz CT molecular complexity index is 580. The average molecular weight is 348 g/mol. The second kappa shape index (κ2) is 7.51. The van der Waals surface area contributed by atoms with Crippen LogP contribution in [0.3, 0.4) is 0 Å². The van der Waals surface area contributed by atoms with Crippen LogP contribution in [-0.2, 0) is 12.8 Å². The first-order valence-corrected chi connectivity index (χ1v) is 8.09. The summed E-state index contributed by atoms with van der Waals surface area (Å²) in [6.07, 6.45) is 2.01. The molecule has 0 aromatic heterocycles. The first-order valence-electron chi connectivity index (χ1n) is 7.30. The van der Waals surface area contributed by atoms with Crippen LogP contribution >= 0.6 is 15.9 Å². The Hall–Kier alpha value is -1.48. The smallest absolute Gasteiger partial charge is 0.118 e. The standard InChI is InChI=1S/C18H22BrNO/c1-4-15-12-16(19)7-10-18(15)20-13(2)11-14-5-8-17(21-3)9-6-14/h5-10,12-13,20H,4,11H2,1-3H3. The number of benzene rings is 2. The lowest BCUT2D eigenvalue weighted by molar-refractivity contribution is 0.414. The molecule has 0 fully saturated rings.